The summed E-state index contributed by atoms with van der Waals surface area (Å²) in [5.74, 6) is -2.44. The molecule has 0 radical (unpaired) electrons. The number of hydrogen-bond acceptors (Lipinski definition) is 7. The number of hydrogen-bond donors (Lipinski definition) is 2. The lowest BCUT2D eigenvalue weighted by molar-refractivity contribution is -0.376. The first kappa shape index (κ1) is 35.9. The molecule has 19 heteroatoms. The maximum Gasteiger partial charge on any atom is 0.490 e. The number of sulfonamides is 1. The van der Waals surface area contributed by atoms with Crippen LogP contribution in [0.3, 0.4) is 0 Å². The molecule has 45 heavy (non-hydrogen) atoms. The third-order valence-electron chi connectivity index (χ3n) is 6.53. The number of aliphatic carboxylic acids is 1. The Morgan fingerprint density at radius 3 is 1.91 bits per heavy atom. The van der Waals surface area contributed by atoms with Crippen molar-refractivity contribution in [2.45, 2.75) is 28.3 Å². The van der Waals surface area contributed by atoms with Gasteiger partial charge in [-0.25, -0.2) is 13.2 Å². The van der Waals surface area contributed by atoms with Crippen LogP contribution in [0.1, 0.15) is 5.56 Å². The van der Waals surface area contributed by atoms with Crippen LogP contribution in [-0.4, -0.2) is 80.7 Å². The third-order valence-corrected chi connectivity index (χ3v) is 9.80. The van der Waals surface area contributed by atoms with E-state index >= 15 is 0 Å². The molecule has 0 atom stereocenters. The Kier molecular flexibility index (Phi) is 10.4. The highest BCUT2D eigenvalue weighted by molar-refractivity contribution is 7.91. The number of benzene rings is 2. The number of ether oxygens (including phenoxy) is 1. The Morgan fingerprint density at radius 1 is 0.867 bits per heavy atom. The van der Waals surface area contributed by atoms with Crippen molar-refractivity contribution in [2.75, 3.05) is 38.2 Å². The first-order chi connectivity index (χ1) is 20.6. The van der Waals surface area contributed by atoms with Crippen LogP contribution in [0.5, 0.6) is 5.75 Å². The number of alkyl halides is 9. The third kappa shape index (κ3) is 7.64. The zero-order chi connectivity index (χ0) is 34.0. The van der Waals surface area contributed by atoms with E-state index in [4.69, 9.17) is 14.6 Å². The fraction of sp³-hybridized carbons (Fsp3) is 0.346. The summed E-state index contributed by atoms with van der Waals surface area (Å²) in [6, 6.07) is 11.4. The molecule has 248 valence electrons. The Labute approximate surface area is 253 Å². The van der Waals surface area contributed by atoms with E-state index in [0.29, 0.717) is 17.9 Å². The first-order valence-electron chi connectivity index (χ1n) is 12.4. The van der Waals surface area contributed by atoms with Gasteiger partial charge >= 0.3 is 24.5 Å². The van der Waals surface area contributed by atoms with Crippen molar-refractivity contribution >= 4 is 33.0 Å². The van der Waals surface area contributed by atoms with Gasteiger partial charge < -0.3 is 19.8 Å². The van der Waals surface area contributed by atoms with Crippen molar-refractivity contribution in [3.63, 3.8) is 0 Å². The molecular weight excluding hydrogens is 671 g/mol. The van der Waals surface area contributed by atoms with Crippen LogP contribution in [0.15, 0.2) is 64.2 Å². The summed E-state index contributed by atoms with van der Waals surface area (Å²) < 4.78 is 146. The summed E-state index contributed by atoms with van der Waals surface area (Å²) in [7, 11) is -2.37. The van der Waals surface area contributed by atoms with Crippen molar-refractivity contribution < 1.29 is 67.7 Å². The number of carboxylic acids is 1. The monoisotopic (exact) mass is 694 g/mol. The second-order valence-electron chi connectivity index (χ2n) is 9.30. The average Bonchev–Trinajstić information content (AvgIpc) is 3.51. The van der Waals surface area contributed by atoms with Crippen LogP contribution >= 0.6 is 11.3 Å². The molecule has 0 unspecified atom stereocenters. The molecule has 3 aromatic rings. The predicted octanol–water partition coefficient (Wildman–Crippen LogP) is 5.88. The van der Waals surface area contributed by atoms with Gasteiger partial charge in [-0.2, -0.15) is 43.8 Å². The number of halogens is 9. The number of carbonyl (C=O) groups is 1. The van der Waals surface area contributed by atoms with Gasteiger partial charge in [-0.05, 0) is 41.3 Å². The number of anilines is 1. The van der Waals surface area contributed by atoms with Crippen LogP contribution in [0.25, 0.3) is 11.1 Å². The van der Waals surface area contributed by atoms with Crippen molar-refractivity contribution in [3.8, 4) is 16.9 Å². The molecule has 2 heterocycles. The second kappa shape index (κ2) is 13.1. The summed E-state index contributed by atoms with van der Waals surface area (Å²) >= 11 is 1.07. The topological polar surface area (TPSA) is 107 Å². The van der Waals surface area contributed by atoms with E-state index in [1.54, 1.807) is 22.4 Å². The van der Waals surface area contributed by atoms with E-state index < -0.39 is 45.7 Å². The minimum atomic E-state index is -6.04. The van der Waals surface area contributed by atoms with Gasteiger partial charge in [0.2, 0.25) is 0 Å². The Balaban J connectivity index is 0.000000707. The summed E-state index contributed by atoms with van der Waals surface area (Å²) in [4.78, 5) is 10.6. The number of carboxylic acid groups (broad SMARTS) is 1. The lowest BCUT2D eigenvalue weighted by Gasteiger charge is -2.37. The summed E-state index contributed by atoms with van der Waals surface area (Å²) in [5, 5.41) is 18.7. The molecule has 4 rings (SSSR count). The standard InChI is InChI=1S/C24H22F6N2O4S2.C2HF3O2/c1-36-18-5-2-4-16(14-18)19-15-17(22(33,23(25,26)27)24(28,29)30)7-8-20(19)31-9-11-32(12-10-31)38(34,35)21-6-3-13-37-21;3-2(4,5)1(6)7/h2-8,13-15,33H,9-12H2,1H3;(H,6,7). The fourth-order valence-electron chi connectivity index (χ4n) is 4.25. The predicted molar refractivity (Wildman–Crippen MR) is 143 cm³/mol. The van der Waals surface area contributed by atoms with Crippen LogP contribution < -0.4 is 9.64 Å². The van der Waals surface area contributed by atoms with Gasteiger partial charge in [-0.15, -0.1) is 11.3 Å². The smallest absolute Gasteiger partial charge is 0.490 e. The summed E-state index contributed by atoms with van der Waals surface area (Å²) in [6.07, 6.45) is -17.2. The summed E-state index contributed by atoms with van der Waals surface area (Å²) in [5.41, 5.74) is -5.97. The maximum absolute atomic E-state index is 13.6. The number of nitrogens with zero attached hydrogens (tertiary/aromatic N) is 2. The van der Waals surface area contributed by atoms with Crippen molar-refractivity contribution in [3.05, 3.63) is 65.5 Å². The van der Waals surface area contributed by atoms with Crippen molar-refractivity contribution in [1.82, 2.24) is 4.31 Å². The molecule has 1 aliphatic heterocycles. The highest BCUT2D eigenvalue weighted by Gasteiger charge is 2.71. The number of rotatable bonds is 6. The molecule has 0 saturated carbocycles. The van der Waals surface area contributed by atoms with E-state index in [0.717, 1.165) is 17.4 Å². The maximum atomic E-state index is 13.6. The second-order valence-corrected chi connectivity index (χ2v) is 12.4. The minimum Gasteiger partial charge on any atom is -0.497 e. The van der Waals surface area contributed by atoms with E-state index in [9.17, 15) is 53.0 Å². The quantitative estimate of drug-likeness (QED) is 0.311. The van der Waals surface area contributed by atoms with Gasteiger partial charge in [0.15, 0.2) is 0 Å². The zero-order valence-corrected chi connectivity index (χ0v) is 24.4. The molecule has 2 N–H and O–H groups in total. The average molecular weight is 695 g/mol. The normalized spacial score (nSPS) is 15.3. The van der Waals surface area contributed by atoms with Crippen molar-refractivity contribution in [1.29, 1.82) is 0 Å². The van der Waals surface area contributed by atoms with E-state index in [2.05, 4.69) is 0 Å². The molecule has 1 fully saturated rings. The number of methoxy groups -OCH3 is 1. The van der Waals surface area contributed by atoms with Crippen LogP contribution in [0, 0.1) is 0 Å². The number of piperazine rings is 1. The van der Waals surface area contributed by atoms with E-state index in [1.165, 1.54) is 35.7 Å². The van der Waals surface area contributed by atoms with Gasteiger partial charge in [0.05, 0.1) is 7.11 Å². The molecule has 0 amide bonds. The van der Waals surface area contributed by atoms with Crippen LogP contribution in [0.4, 0.5) is 45.2 Å². The van der Waals surface area contributed by atoms with Gasteiger partial charge in [0.25, 0.3) is 15.6 Å². The zero-order valence-electron chi connectivity index (χ0n) is 22.7. The molecule has 1 aliphatic rings. The Bertz CT molecular complexity index is 1570. The molecular formula is C26H23F9N2O6S2. The highest BCUT2D eigenvalue weighted by Crippen LogP contribution is 2.51. The Morgan fingerprint density at radius 2 is 1.44 bits per heavy atom. The largest absolute Gasteiger partial charge is 0.497 e. The SMILES string of the molecule is COc1cccc(-c2cc(C(O)(C(F)(F)F)C(F)(F)F)ccc2N2CCN(S(=O)(=O)c3cccs3)CC2)c1.O=C(O)C(F)(F)F. The van der Waals surface area contributed by atoms with Crippen LogP contribution in [-0.2, 0) is 20.4 Å². The molecule has 1 aromatic heterocycles. The Hall–Kier alpha value is -3.55. The van der Waals surface area contributed by atoms with E-state index in [1.807, 2.05) is 0 Å². The number of aliphatic hydroxyl groups is 1. The lowest BCUT2D eigenvalue weighted by atomic mass is 9.88. The molecule has 1 saturated heterocycles. The van der Waals surface area contributed by atoms with E-state index in [-0.39, 0.29) is 47.2 Å². The lowest BCUT2D eigenvalue weighted by Crippen LogP contribution is -2.54. The minimum absolute atomic E-state index is 0.0112. The number of thiophene rings is 1. The molecule has 0 aliphatic carbocycles. The van der Waals surface area contributed by atoms with Crippen LogP contribution in [0.2, 0.25) is 0 Å². The van der Waals surface area contributed by atoms with Gasteiger partial charge in [0, 0.05) is 43.0 Å². The van der Waals surface area contributed by atoms with Gasteiger partial charge in [-0.1, -0.05) is 24.3 Å². The van der Waals surface area contributed by atoms with Crippen molar-refractivity contribution in [2.24, 2.45) is 0 Å². The molecule has 2 aromatic carbocycles. The molecule has 0 bridgehead atoms. The van der Waals surface area contributed by atoms with Gasteiger partial charge in [0.1, 0.15) is 9.96 Å². The fourth-order valence-corrected chi connectivity index (χ4v) is 6.82. The summed E-state index contributed by atoms with van der Waals surface area (Å²) in [6.45, 7) is 0.358. The molecule has 8 nitrogen and oxygen atoms in total. The highest BCUT2D eigenvalue weighted by atomic mass is 32.2. The van der Waals surface area contributed by atoms with Gasteiger partial charge in [-0.3, -0.25) is 0 Å². The first-order valence-corrected chi connectivity index (χ1v) is 14.7. The molecule has 0 spiro atoms.